The van der Waals surface area contributed by atoms with Gasteiger partial charge in [-0.2, -0.15) is 0 Å². The molecule has 1 aromatic carbocycles. The first-order valence-corrected chi connectivity index (χ1v) is 4.20. The van der Waals surface area contributed by atoms with Crippen LogP contribution in [0.5, 0.6) is 0 Å². The van der Waals surface area contributed by atoms with E-state index in [9.17, 15) is 10.1 Å². The molecular formula is C8H5ClN2O3. The van der Waals surface area contributed by atoms with Gasteiger partial charge in [0.25, 0.3) is 12.4 Å². The van der Waals surface area contributed by atoms with E-state index in [1.165, 1.54) is 0 Å². The summed E-state index contributed by atoms with van der Waals surface area (Å²) in [5.41, 5.74) is 1.04. The molecule has 0 aliphatic carbocycles. The highest BCUT2D eigenvalue weighted by Gasteiger charge is 2.10. The van der Waals surface area contributed by atoms with Gasteiger partial charge in [0.2, 0.25) is 0 Å². The van der Waals surface area contributed by atoms with Crippen molar-refractivity contribution in [2.24, 2.45) is 0 Å². The predicted octanol–water partition coefficient (Wildman–Crippen LogP) is 2.26. The van der Waals surface area contributed by atoms with Crippen LogP contribution in [0.1, 0.15) is 5.89 Å². The second-order valence-corrected chi connectivity index (χ2v) is 3.15. The normalized spacial score (nSPS) is 10.6. The Balaban J connectivity index is 2.46. The molecule has 0 spiro atoms. The fourth-order valence-electron chi connectivity index (χ4n) is 1.13. The van der Waals surface area contributed by atoms with Crippen molar-refractivity contribution in [3.8, 4) is 0 Å². The van der Waals surface area contributed by atoms with Crippen molar-refractivity contribution in [3.05, 3.63) is 39.2 Å². The maximum atomic E-state index is 10.2. The molecular weight excluding hydrogens is 208 g/mol. The second kappa shape index (κ2) is 3.26. The number of hydrogen-bond donors (Lipinski definition) is 0. The van der Waals surface area contributed by atoms with Gasteiger partial charge in [0.05, 0.1) is 0 Å². The van der Waals surface area contributed by atoms with Gasteiger partial charge in [-0.1, -0.05) is 11.6 Å². The Kier molecular flexibility index (Phi) is 2.09. The summed E-state index contributed by atoms with van der Waals surface area (Å²) in [6.45, 7) is -0.410. The highest BCUT2D eigenvalue weighted by atomic mass is 35.5. The van der Waals surface area contributed by atoms with Gasteiger partial charge >= 0.3 is 0 Å². The molecule has 0 saturated heterocycles. The van der Waals surface area contributed by atoms with Gasteiger partial charge in [-0.15, -0.1) is 0 Å². The van der Waals surface area contributed by atoms with E-state index in [0.717, 1.165) is 0 Å². The summed E-state index contributed by atoms with van der Waals surface area (Å²) >= 11 is 5.72. The molecule has 0 unspecified atom stereocenters. The highest BCUT2D eigenvalue weighted by molar-refractivity contribution is 6.31. The molecule has 0 bridgehead atoms. The van der Waals surface area contributed by atoms with E-state index in [2.05, 4.69) is 4.98 Å². The van der Waals surface area contributed by atoms with Crippen molar-refractivity contribution in [1.29, 1.82) is 0 Å². The zero-order chi connectivity index (χ0) is 10.1. The first kappa shape index (κ1) is 8.96. The van der Waals surface area contributed by atoms with Crippen molar-refractivity contribution in [2.45, 2.75) is 6.54 Å². The maximum absolute atomic E-state index is 10.2. The summed E-state index contributed by atoms with van der Waals surface area (Å²) in [5.74, 6) is 0.0901. The van der Waals surface area contributed by atoms with Gasteiger partial charge in [0.1, 0.15) is 5.52 Å². The van der Waals surface area contributed by atoms with Crippen molar-refractivity contribution in [1.82, 2.24) is 4.98 Å². The average molecular weight is 213 g/mol. The number of halogens is 1. The highest BCUT2D eigenvalue weighted by Crippen LogP contribution is 2.19. The van der Waals surface area contributed by atoms with Crippen LogP contribution in [0.2, 0.25) is 5.02 Å². The van der Waals surface area contributed by atoms with Crippen LogP contribution in [0.4, 0.5) is 0 Å². The molecule has 0 radical (unpaired) electrons. The Bertz CT molecular complexity index is 494. The molecule has 0 saturated carbocycles. The minimum atomic E-state index is -0.494. The molecule has 2 aromatic rings. The number of rotatable bonds is 2. The third-order valence-corrected chi connectivity index (χ3v) is 1.89. The Morgan fingerprint density at radius 3 is 3.07 bits per heavy atom. The van der Waals surface area contributed by atoms with Gasteiger partial charge in [0.15, 0.2) is 5.58 Å². The zero-order valence-electron chi connectivity index (χ0n) is 6.94. The summed E-state index contributed by atoms with van der Waals surface area (Å²) in [4.78, 5) is 13.6. The van der Waals surface area contributed by atoms with Crippen molar-refractivity contribution in [2.75, 3.05) is 0 Å². The molecule has 0 N–H and O–H groups in total. The van der Waals surface area contributed by atoms with Crippen LogP contribution in [-0.2, 0) is 6.54 Å². The summed E-state index contributed by atoms with van der Waals surface area (Å²) in [6.07, 6.45) is 0. The minimum Gasteiger partial charge on any atom is -0.435 e. The van der Waals surface area contributed by atoms with E-state index in [-0.39, 0.29) is 5.89 Å². The molecule has 0 amide bonds. The second-order valence-electron chi connectivity index (χ2n) is 2.71. The Hall–Kier alpha value is -1.62. The monoisotopic (exact) mass is 212 g/mol. The molecule has 0 aliphatic rings. The van der Waals surface area contributed by atoms with E-state index < -0.39 is 11.5 Å². The van der Waals surface area contributed by atoms with Gasteiger partial charge in [-0.25, -0.2) is 4.98 Å². The number of hydrogen-bond acceptors (Lipinski definition) is 4. The summed E-state index contributed by atoms with van der Waals surface area (Å²) in [6, 6.07) is 4.88. The lowest BCUT2D eigenvalue weighted by Crippen LogP contribution is -1.97. The SMILES string of the molecule is O=[N+]([O-])Cc1nc2cc(Cl)ccc2o1. The van der Waals surface area contributed by atoms with E-state index in [1.54, 1.807) is 18.2 Å². The standard InChI is InChI=1S/C8H5ClN2O3/c9-5-1-2-7-6(3-5)10-8(14-7)4-11(12)13/h1-3H,4H2. The van der Waals surface area contributed by atoms with Crippen molar-refractivity contribution < 1.29 is 9.34 Å². The molecule has 5 nitrogen and oxygen atoms in total. The van der Waals surface area contributed by atoms with E-state index in [4.69, 9.17) is 16.0 Å². The van der Waals surface area contributed by atoms with Crippen molar-refractivity contribution in [3.63, 3.8) is 0 Å². The van der Waals surface area contributed by atoms with E-state index >= 15 is 0 Å². The number of aromatic nitrogens is 1. The van der Waals surface area contributed by atoms with Gasteiger partial charge < -0.3 is 4.42 Å². The molecule has 1 heterocycles. The number of fused-ring (bicyclic) bond motifs is 1. The lowest BCUT2D eigenvalue weighted by molar-refractivity contribution is -0.500. The smallest absolute Gasteiger partial charge is 0.278 e. The van der Waals surface area contributed by atoms with Crippen LogP contribution in [-0.4, -0.2) is 9.91 Å². The van der Waals surface area contributed by atoms with E-state index in [1.807, 2.05) is 0 Å². The number of oxazole rings is 1. The zero-order valence-corrected chi connectivity index (χ0v) is 7.69. The molecule has 0 atom stereocenters. The van der Waals surface area contributed by atoms with Crippen LogP contribution in [0, 0.1) is 10.1 Å². The molecule has 1 aromatic heterocycles. The largest absolute Gasteiger partial charge is 0.435 e. The predicted molar refractivity (Wildman–Crippen MR) is 49.7 cm³/mol. The van der Waals surface area contributed by atoms with Crippen LogP contribution >= 0.6 is 11.6 Å². The fourth-order valence-corrected chi connectivity index (χ4v) is 1.29. The molecule has 14 heavy (non-hydrogen) atoms. The minimum absolute atomic E-state index is 0.0901. The summed E-state index contributed by atoms with van der Waals surface area (Å²) < 4.78 is 5.12. The lowest BCUT2D eigenvalue weighted by Gasteiger charge is -1.85. The molecule has 6 heteroatoms. The Labute approximate surface area is 83.4 Å². The van der Waals surface area contributed by atoms with Gasteiger partial charge in [0, 0.05) is 9.95 Å². The number of benzene rings is 1. The number of nitro groups is 1. The van der Waals surface area contributed by atoms with Crippen LogP contribution < -0.4 is 0 Å². The third kappa shape index (κ3) is 1.67. The van der Waals surface area contributed by atoms with Crippen LogP contribution in [0.15, 0.2) is 22.6 Å². The quantitative estimate of drug-likeness (QED) is 0.566. The summed E-state index contributed by atoms with van der Waals surface area (Å²) in [5, 5.41) is 10.7. The van der Waals surface area contributed by atoms with Crippen LogP contribution in [0.3, 0.4) is 0 Å². The maximum Gasteiger partial charge on any atom is 0.278 e. The molecule has 2 rings (SSSR count). The number of nitrogens with zero attached hydrogens (tertiary/aromatic N) is 2. The molecule has 0 aliphatic heterocycles. The first-order valence-electron chi connectivity index (χ1n) is 3.82. The van der Waals surface area contributed by atoms with Gasteiger partial charge in [-0.05, 0) is 18.2 Å². The third-order valence-electron chi connectivity index (χ3n) is 1.66. The topological polar surface area (TPSA) is 69.2 Å². The van der Waals surface area contributed by atoms with E-state index in [0.29, 0.717) is 16.1 Å². The Morgan fingerprint density at radius 1 is 1.57 bits per heavy atom. The average Bonchev–Trinajstić information content (AvgIpc) is 2.44. The Morgan fingerprint density at radius 2 is 2.36 bits per heavy atom. The van der Waals surface area contributed by atoms with Crippen molar-refractivity contribution >= 4 is 22.7 Å². The fraction of sp³-hybridized carbons (Fsp3) is 0.125. The first-order chi connectivity index (χ1) is 6.65. The van der Waals surface area contributed by atoms with Gasteiger partial charge in [-0.3, -0.25) is 10.1 Å². The summed E-state index contributed by atoms with van der Waals surface area (Å²) in [7, 11) is 0. The molecule has 0 fully saturated rings. The van der Waals surface area contributed by atoms with Crippen LogP contribution in [0.25, 0.3) is 11.1 Å². The lowest BCUT2D eigenvalue weighted by atomic mass is 10.3. The molecule has 72 valence electrons.